The number of benzene rings is 2. The van der Waals surface area contributed by atoms with Crippen LogP contribution in [0.3, 0.4) is 0 Å². The molecular weight excluding hydrogens is 296 g/mol. The maximum atomic E-state index is 12.1. The van der Waals surface area contributed by atoms with Crippen molar-refractivity contribution in [3.63, 3.8) is 0 Å². The van der Waals surface area contributed by atoms with Crippen molar-refractivity contribution in [3.8, 4) is 0 Å². The van der Waals surface area contributed by atoms with E-state index in [1.165, 1.54) is 15.8 Å². The van der Waals surface area contributed by atoms with E-state index in [1.54, 1.807) is 6.07 Å². The van der Waals surface area contributed by atoms with Crippen molar-refractivity contribution in [3.05, 3.63) is 66.0 Å². The molecule has 2 aromatic carbocycles. The van der Waals surface area contributed by atoms with Gasteiger partial charge in [-0.1, -0.05) is 42.5 Å². The molecule has 0 spiro atoms. The number of aromatic nitrogens is 2. The van der Waals surface area contributed by atoms with Crippen LogP contribution in [0.15, 0.2) is 54.6 Å². The number of imidazole rings is 1. The second-order valence-electron chi connectivity index (χ2n) is 5.38. The Morgan fingerprint density at radius 1 is 0.955 bits per heavy atom. The quantitative estimate of drug-likeness (QED) is 0.727. The van der Waals surface area contributed by atoms with Gasteiger partial charge in [-0.3, -0.25) is 0 Å². The number of fused-ring (bicyclic) bond motifs is 1. The summed E-state index contributed by atoms with van der Waals surface area (Å²) in [6.07, 6.45) is 3.63. The van der Waals surface area contributed by atoms with E-state index in [9.17, 15) is 8.42 Å². The van der Waals surface area contributed by atoms with Crippen molar-refractivity contribution in [1.82, 2.24) is 8.96 Å². The number of hydrogen-bond acceptors (Lipinski definition) is 3. The average molecular weight is 314 g/mol. The molecule has 1 aromatic heterocycles. The molecule has 0 radical (unpaired) electrons. The molecule has 22 heavy (non-hydrogen) atoms. The van der Waals surface area contributed by atoms with Crippen LogP contribution in [-0.2, 0) is 22.9 Å². The van der Waals surface area contributed by atoms with Gasteiger partial charge < -0.3 is 0 Å². The molecular formula is C17H18N2O2S. The lowest BCUT2D eigenvalue weighted by Gasteiger charge is -2.06. The number of nitrogens with zero attached hydrogens (tertiary/aromatic N) is 2. The third-order valence-electron chi connectivity index (χ3n) is 3.62. The first-order valence-corrected chi connectivity index (χ1v) is 9.11. The Morgan fingerprint density at radius 3 is 2.36 bits per heavy atom. The molecule has 4 nitrogen and oxygen atoms in total. The first kappa shape index (κ1) is 14.8. The molecule has 0 amide bonds. The molecule has 3 rings (SSSR count). The molecule has 114 valence electrons. The van der Waals surface area contributed by atoms with Crippen LogP contribution in [0, 0.1) is 0 Å². The molecule has 0 saturated carbocycles. The summed E-state index contributed by atoms with van der Waals surface area (Å²) in [5, 5.41) is 0. The highest BCUT2D eigenvalue weighted by molar-refractivity contribution is 7.89. The van der Waals surface area contributed by atoms with Gasteiger partial charge in [-0.15, -0.1) is 0 Å². The van der Waals surface area contributed by atoms with Crippen LogP contribution in [0.5, 0.6) is 0 Å². The van der Waals surface area contributed by atoms with E-state index < -0.39 is 10.0 Å². The summed E-state index contributed by atoms with van der Waals surface area (Å²) in [5.41, 5.74) is 2.63. The molecule has 0 bridgehead atoms. The first-order valence-electron chi connectivity index (χ1n) is 7.26. The van der Waals surface area contributed by atoms with Crippen LogP contribution in [0.25, 0.3) is 11.0 Å². The number of para-hydroxylation sites is 2. The van der Waals surface area contributed by atoms with Crippen LogP contribution < -0.4 is 0 Å². The molecule has 0 aliphatic rings. The van der Waals surface area contributed by atoms with Crippen molar-refractivity contribution in [2.24, 2.45) is 0 Å². The predicted molar refractivity (Wildman–Crippen MR) is 88.4 cm³/mol. The summed E-state index contributed by atoms with van der Waals surface area (Å²) in [4.78, 5) is 4.49. The van der Waals surface area contributed by atoms with Crippen LogP contribution in [0.2, 0.25) is 0 Å². The first-order chi connectivity index (χ1) is 10.6. The SMILES string of the molecule is CS(=O)(=O)n1c(CCCc2ccccc2)nc2ccccc21. The zero-order chi connectivity index (χ0) is 15.6. The lowest BCUT2D eigenvalue weighted by atomic mass is 10.1. The zero-order valence-corrected chi connectivity index (χ0v) is 13.3. The van der Waals surface area contributed by atoms with Crippen LogP contribution in [0.1, 0.15) is 17.8 Å². The summed E-state index contributed by atoms with van der Waals surface area (Å²) in [5.74, 6) is 0.611. The molecule has 0 fully saturated rings. The second-order valence-corrected chi connectivity index (χ2v) is 7.21. The fourth-order valence-electron chi connectivity index (χ4n) is 2.68. The van der Waals surface area contributed by atoms with E-state index in [-0.39, 0.29) is 0 Å². The van der Waals surface area contributed by atoms with Gasteiger partial charge in [0.05, 0.1) is 17.3 Å². The largest absolute Gasteiger partial charge is 0.237 e. The van der Waals surface area contributed by atoms with E-state index in [0.29, 0.717) is 17.8 Å². The topological polar surface area (TPSA) is 52.0 Å². The predicted octanol–water partition coefficient (Wildman–Crippen LogP) is 3.02. The third kappa shape index (κ3) is 3.04. The Balaban J connectivity index is 1.87. The minimum absolute atomic E-state index is 0.611. The van der Waals surface area contributed by atoms with Gasteiger partial charge in [0.2, 0.25) is 10.0 Å². The molecule has 3 aromatic rings. The van der Waals surface area contributed by atoms with E-state index in [2.05, 4.69) is 17.1 Å². The highest BCUT2D eigenvalue weighted by atomic mass is 32.2. The number of aryl methyl sites for hydroxylation is 2. The molecule has 0 aliphatic heterocycles. The summed E-state index contributed by atoms with van der Waals surface area (Å²) in [6, 6.07) is 17.5. The lowest BCUT2D eigenvalue weighted by molar-refractivity contribution is 0.591. The fraction of sp³-hybridized carbons (Fsp3) is 0.235. The van der Waals surface area contributed by atoms with Crippen LogP contribution in [-0.4, -0.2) is 23.6 Å². The smallest absolute Gasteiger partial charge is 0.232 e. The minimum atomic E-state index is -3.36. The molecule has 1 heterocycles. The van der Waals surface area contributed by atoms with Gasteiger partial charge in [0.15, 0.2) is 0 Å². The van der Waals surface area contributed by atoms with Gasteiger partial charge in [0.1, 0.15) is 5.82 Å². The highest BCUT2D eigenvalue weighted by Gasteiger charge is 2.17. The average Bonchev–Trinajstić information content (AvgIpc) is 2.86. The minimum Gasteiger partial charge on any atom is -0.232 e. The van der Waals surface area contributed by atoms with Gasteiger partial charge in [-0.2, -0.15) is 0 Å². The fourth-order valence-corrected chi connectivity index (χ4v) is 3.70. The van der Waals surface area contributed by atoms with E-state index in [4.69, 9.17) is 0 Å². The molecule has 0 aliphatic carbocycles. The zero-order valence-electron chi connectivity index (χ0n) is 12.4. The molecule has 0 atom stereocenters. The normalized spacial score (nSPS) is 11.9. The standard InChI is InChI=1S/C17H18N2O2S/c1-22(20,21)19-16-12-6-5-11-15(16)18-17(19)13-7-10-14-8-3-2-4-9-14/h2-6,8-9,11-12H,7,10,13H2,1H3. The molecule has 0 saturated heterocycles. The van der Waals surface area contributed by atoms with E-state index in [0.717, 1.165) is 18.4 Å². The van der Waals surface area contributed by atoms with Gasteiger partial charge >= 0.3 is 0 Å². The summed E-state index contributed by atoms with van der Waals surface area (Å²) in [7, 11) is -3.36. The molecule has 0 N–H and O–H groups in total. The van der Waals surface area contributed by atoms with E-state index in [1.807, 2.05) is 36.4 Å². The van der Waals surface area contributed by atoms with Crippen molar-refractivity contribution < 1.29 is 8.42 Å². The molecule has 0 unspecified atom stereocenters. The Morgan fingerprint density at radius 2 is 1.64 bits per heavy atom. The van der Waals surface area contributed by atoms with Gasteiger partial charge in [0, 0.05) is 6.42 Å². The number of rotatable bonds is 5. The third-order valence-corrected chi connectivity index (χ3v) is 4.70. The maximum absolute atomic E-state index is 12.1. The number of hydrogen-bond donors (Lipinski definition) is 0. The Bertz CT molecular complexity index is 883. The maximum Gasteiger partial charge on any atom is 0.237 e. The summed E-state index contributed by atoms with van der Waals surface area (Å²) >= 11 is 0. The lowest BCUT2D eigenvalue weighted by Crippen LogP contribution is -2.14. The van der Waals surface area contributed by atoms with Crippen LogP contribution >= 0.6 is 0 Å². The second kappa shape index (κ2) is 5.93. The van der Waals surface area contributed by atoms with E-state index >= 15 is 0 Å². The van der Waals surface area contributed by atoms with Gasteiger partial charge in [-0.05, 0) is 30.5 Å². The Hall–Kier alpha value is -2.14. The Labute approximate surface area is 130 Å². The van der Waals surface area contributed by atoms with Crippen molar-refractivity contribution >= 4 is 21.1 Å². The highest BCUT2D eigenvalue weighted by Crippen LogP contribution is 2.19. The summed E-state index contributed by atoms with van der Waals surface area (Å²) < 4.78 is 25.5. The van der Waals surface area contributed by atoms with Crippen molar-refractivity contribution in [1.29, 1.82) is 0 Å². The monoisotopic (exact) mass is 314 g/mol. The Kier molecular flexibility index (Phi) is 3.98. The molecule has 5 heteroatoms. The van der Waals surface area contributed by atoms with Gasteiger partial charge in [0.25, 0.3) is 0 Å². The summed E-state index contributed by atoms with van der Waals surface area (Å²) in [6.45, 7) is 0. The van der Waals surface area contributed by atoms with Crippen molar-refractivity contribution in [2.45, 2.75) is 19.3 Å². The van der Waals surface area contributed by atoms with Gasteiger partial charge in [-0.25, -0.2) is 17.4 Å². The van der Waals surface area contributed by atoms with Crippen molar-refractivity contribution in [2.75, 3.05) is 6.26 Å². The van der Waals surface area contributed by atoms with Crippen LogP contribution in [0.4, 0.5) is 0 Å².